The van der Waals surface area contributed by atoms with E-state index in [1.165, 1.54) is 16.7 Å². The number of thioether (sulfide) groups is 2. The molecule has 1 fully saturated rings. The normalized spacial score (nSPS) is 23.1. The number of hydrogen-bond donors (Lipinski definition) is 3. The number of rotatable bonds is 5. The van der Waals surface area contributed by atoms with E-state index in [2.05, 4.69) is 28.1 Å². The summed E-state index contributed by atoms with van der Waals surface area (Å²) in [6, 6.07) is 15.0. The highest BCUT2D eigenvalue weighted by molar-refractivity contribution is 7.99. The monoisotopic (exact) mass is 427 g/mol. The predicted octanol–water partition coefficient (Wildman–Crippen LogP) is 3.34. The van der Waals surface area contributed by atoms with Crippen LogP contribution in [-0.2, 0) is 4.79 Å². The van der Waals surface area contributed by atoms with Gasteiger partial charge in [-0.3, -0.25) is 14.9 Å². The van der Waals surface area contributed by atoms with Crippen molar-refractivity contribution in [1.29, 1.82) is 0 Å². The minimum atomic E-state index is -0.995. The summed E-state index contributed by atoms with van der Waals surface area (Å²) in [6.45, 7) is 1.68. The van der Waals surface area contributed by atoms with Gasteiger partial charge in [-0.25, -0.2) is 4.79 Å². The summed E-state index contributed by atoms with van der Waals surface area (Å²) in [5, 5.41) is 8.08. The Kier molecular flexibility index (Phi) is 5.56. The molecule has 3 N–H and O–H groups in total. The van der Waals surface area contributed by atoms with Crippen LogP contribution in [0, 0.1) is 0 Å². The number of carbonyl (C=O) groups excluding carboxylic acids is 3. The predicted molar refractivity (Wildman–Crippen MR) is 114 cm³/mol. The molecule has 4 rings (SSSR count). The zero-order valence-electron chi connectivity index (χ0n) is 15.9. The molecule has 1 saturated heterocycles. The van der Waals surface area contributed by atoms with E-state index in [-0.39, 0.29) is 17.9 Å². The molecule has 29 heavy (non-hydrogen) atoms. The van der Waals surface area contributed by atoms with Gasteiger partial charge >= 0.3 is 6.03 Å². The maximum Gasteiger partial charge on any atom is 0.322 e. The van der Waals surface area contributed by atoms with E-state index >= 15 is 0 Å². The lowest BCUT2D eigenvalue weighted by Gasteiger charge is -2.26. The second kappa shape index (κ2) is 8.12. The third-order valence-electron chi connectivity index (χ3n) is 5.03. The number of carbonyl (C=O) groups is 3. The molecule has 0 radical (unpaired) electrons. The van der Waals surface area contributed by atoms with Gasteiger partial charge in [0.25, 0.3) is 11.8 Å². The van der Waals surface area contributed by atoms with Crippen LogP contribution in [0.4, 0.5) is 4.79 Å². The highest BCUT2D eigenvalue weighted by atomic mass is 32.2. The smallest absolute Gasteiger partial charge is 0.322 e. The van der Waals surface area contributed by atoms with Crippen LogP contribution < -0.4 is 16.0 Å². The number of imide groups is 1. The Morgan fingerprint density at radius 1 is 1.21 bits per heavy atom. The van der Waals surface area contributed by atoms with Gasteiger partial charge in [-0.05, 0) is 37.1 Å². The lowest BCUT2D eigenvalue weighted by atomic mass is 10.0. The zero-order chi connectivity index (χ0) is 20.4. The van der Waals surface area contributed by atoms with Gasteiger partial charge in [0.05, 0.1) is 11.6 Å². The summed E-state index contributed by atoms with van der Waals surface area (Å²) in [7, 11) is 0. The van der Waals surface area contributed by atoms with E-state index in [1.807, 2.05) is 42.1 Å². The number of hydrogen-bond acceptors (Lipinski definition) is 5. The maximum atomic E-state index is 13.1. The van der Waals surface area contributed by atoms with Crippen molar-refractivity contribution in [2.24, 2.45) is 0 Å². The lowest BCUT2D eigenvalue weighted by molar-refractivity contribution is -0.122. The Morgan fingerprint density at radius 3 is 2.76 bits per heavy atom. The maximum absolute atomic E-state index is 13.1. The summed E-state index contributed by atoms with van der Waals surface area (Å²) in [4.78, 5) is 38.5. The Morgan fingerprint density at radius 2 is 1.97 bits per heavy atom. The Hall–Kier alpha value is -2.45. The molecule has 2 aliphatic rings. The summed E-state index contributed by atoms with van der Waals surface area (Å²) in [6.07, 6.45) is 0.882. The molecule has 150 valence electrons. The van der Waals surface area contributed by atoms with Crippen LogP contribution in [0.15, 0.2) is 58.3 Å². The van der Waals surface area contributed by atoms with Gasteiger partial charge in [0.15, 0.2) is 0 Å². The minimum Gasteiger partial charge on any atom is -0.345 e. The highest BCUT2D eigenvalue weighted by Gasteiger charge is 2.42. The van der Waals surface area contributed by atoms with Crippen LogP contribution in [0.2, 0.25) is 0 Å². The molecule has 2 aliphatic heterocycles. The van der Waals surface area contributed by atoms with Crippen LogP contribution in [0.3, 0.4) is 0 Å². The van der Waals surface area contributed by atoms with E-state index in [9.17, 15) is 14.4 Å². The molecule has 8 heteroatoms. The average molecular weight is 428 g/mol. The van der Waals surface area contributed by atoms with E-state index < -0.39 is 11.6 Å². The van der Waals surface area contributed by atoms with Gasteiger partial charge < -0.3 is 10.6 Å². The first-order valence-corrected chi connectivity index (χ1v) is 11.3. The van der Waals surface area contributed by atoms with Crippen molar-refractivity contribution in [2.45, 2.75) is 34.7 Å². The molecule has 0 aliphatic carbocycles. The first-order valence-electron chi connectivity index (χ1n) is 9.34. The van der Waals surface area contributed by atoms with Crippen molar-refractivity contribution < 1.29 is 14.4 Å². The Labute approximate surface area is 177 Å². The fourth-order valence-electron chi connectivity index (χ4n) is 3.41. The molecule has 0 bridgehead atoms. The van der Waals surface area contributed by atoms with Gasteiger partial charge in [-0.1, -0.05) is 30.3 Å². The van der Waals surface area contributed by atoms with Crippen molar-refractivity contribution >= 4 is 41.4 Å². The van der Waals surface area contributed by atoms with Crippen LogP contribution >= 0.6 is 23.5 Å². The molecule has 2 atom stereocenters. The van der Waals surface area contributed by atoms with Gasteiger partial charge in [0, 0.05) is 21.3 Å². The number of urea groups is 1. The molecule has 2 heterocycles. The van der Waals surface area contributed by atoms with Crippen molar-refractivity contribution in [2.75, 3.05) is 11.5 Å². The standard InChI is InChI=1S/C21H21N3O3S2/c1-21(19(26)23-20(27)24-21)12-29-17-9-5-3-7-14(17)18(25)22-15-10-11-28-16-8-4-2-6-13(15)16/h2-9,15H,10-12H2,1H3,(H,22,25)(H2,23,24,26,27)/t15-,21+/m0/s1. The number of nitrogens with one attached hydrogen (secondary N) is 3. The fraction of sp³-hybridized carbons (Fsp3) is 0.286. The summed E-state index contributed by atoms with van der Waals surface area (Å²) >= 11 is 3.20. The van der Waals surface area contributed by atoms with E-state index in [4.69, 9.17) is 0 Å². The molecule has 0 unspecified atom stereocenters. The van der Waals surface area contributed by atoms with Crippen LogP contribution in [0.25, 0.3) is 0 Å². The van der Waals surface area contributed by atoms with E-state index in [1.54, 1.807) is 13.0 Å². The fourth-order valence-corrected chi connectivity index (χ4v) is 5.68. The summed E-state index contributed by atoms with van der Waals surface area (Å²) in [5.74, 6) is 0.807. The second-order valence-electron chi connectivity index (χ2n) is 7.23. The molecule has 0 spiro atoms. The quantitative estimate of drug-likeness (QED) is 0.503. The van der Waals surface area contributed by atoms with Crippen molar-refractivity contribution in [3.8, 4) is 0 Å². The van der Waals surface area contributed by atoms with Gasteiger partial charge in [-0.15, -0.1) is 23.5 Å². The summed E-state index contributed by atoms with van der Waals surface area (Å²) < 4.78 is 0. The number of benzene rings is 2. The van der Waals surface area contributed by atoms with E-state index in [0.717, 1.165) is 22.6 Å². The first kappa shape index (κ1) is 19.8. The average Bonchev–Trinajstić information content (AvgIpc) is 2.98. The lowest BCUT2D eigenvalue weighted by Crippen LogP contribution is -2.46. The molecule has 0 aromatic heterocycles. The second-order valence-corrected chi connectivity index (χ2v) is 9.38. The SMILES string of the molecule is C[C@]1(CSc2ccccc2C(=O)N[C@H]2CCSc3ccccc32)NC(=O)NC1=O. The Bertz CT molecular complexity index is 981. The van der Waals surface area contributed by atoms with Gasteiger partial charge in [0.2, 0.25) is 0 Å². The van der Waals surface area contributed by atoms with Gasteiger partial charge in [-0.2, -0.15) is 0 Å². The number of fused-ring (bicyclic) bond motifs is 1. The van der Waals surface area contributed by atoms with Crippen molar-refractivity contribution in [1.82, 2.24) is 16.0 Å². The minimum absolute atomic E-state index is 0.0181. The molecular formula is C21H21N3O3S2. The van der Waals surface area contributed by atoms with Crippen LogP contribution in [0.5, 0.6) is 0 Å². The summed E-state index contributed by atoms with van der Waals surface area (Å²) in [5.41, 5.74) is 0.729. The largest absolute Gasteiger partial charge is 0.345 e. The molecule has 2 aromatic rings. The first-order chi connectivity index (χ1) is 14.0. The van der Waals surface area contributed by atoms with Crippen molar-refractivity contribution in [3.05, 3.63) is 59.7 Å². The highest BCUT2D eigenvalue weighted by Crippen LogP contribution is 2.36. The Balaban J connectivity index is 1.49. The topological polar surface area (TPSA) is 87.3 Å². The van der Waals surface area contributed by atoms with E-state index in [0.29, 0.717) is 11.3 Å². The van der Waals surface area contributed by atoms with Crippen LogP contribution in [0.1, 0.15) is 35.3 Å². The van der Waals surface area contributed by atoms with Crippen molar-refractivity contribution in [3.63, 3.8) is 0 Å². The molecular weight excluding hydrogens is 406 g/mol. The molecule has 2 aromatic carbocycles. The van der Waals surface area contributed by atoms with Gasteiger partial charge in [0.1, 0.15) is 5.54 Å². The molecule has 4 amide bonds. The zero-order valence-corrected chi connectivity index (χ0v) is 17.5. The van der Waals surface area contributed by atoms with Crippen LogP contribution in [-0.4, -0.2) is 34.9 Å². The third kappa shape index (κ3) is 4.13. The third-order valence-corrected chi connectivity index (χ3v) is 7.54. The number of amides is 4. The molecule has 6 nitrogen and oxygen atoms in total. The molecule has 0 saturated carbocycles.